The molecule has 0 saturated heterocycles. The largest absolute Gasteiger partial charge is 0.411 e. The Morgan fingerprint density at radius 1 is 1.12 bits per heavy atom. The van der Waals surface area contributed by atoms with Crippen molar-refractivity contribution in [1.29, 1.82) is 0 Å². The van der Waals surface area contributed by atoms with E-state index in [1.807, 2.05) is 0 Å². The molecule has 0 aliphatic heterocycles. The lowest BCUT2D eigenvalue weighted by molar-refractivity contribution is -0.174. The number of alkyl halides is 3. The van der Waals surface area contributed by atoms with E-state index in [1.54, 1.807) is 0 Å². The van der Waals surface area contributed by atoms with Crippen LogP contribution in [-0.4, -0.2) is 32.0 Å². The molecule has 0 radical (unpaired) electrons. The molecular weight excluding hydrogens is 231 g/mol. The molecule has 0 bridgehead atoms. The van der Waals surface area contributed by atoms with Crippen LogP contribution < -0.4 is 5.32 Å². The van der Waals surface area contributed by atoms with Gasteiger partial charge >= 0.3 is 6.18 Å². The van der Waals surface area contributed by atoms with Gasteiger partial charge in [0.15, 0.2) is 0 Å². The van der Waals surface area contributed by atoms with E-state index in [-0.39, 0.29) is 6.61 Å². The fraction of sp³-hybridized carbons (Fsp3) is 1.00. The van der Waals surface area contributed by atoms with Gasteiger partial charge in [-0.15, -0.1) is 0 Å². The second-order valence-electron chi connectivity index (χ2n) is 5.02. The van der Waals surface area contributed by atoms with Crippen LogP contribution in [0, 0.1) is 11.8 Å². The van der Waals surface area contributed by atoms with Crippen LogP contribution >= 0.6 is 0 Å². The molecule has 1 N–H and O–H groups in total. The molecule has 0 aromatic carbocycles. The minimum atomic E-state index is -4.22. The van der Waals surface area contributed by atoms with E-state index >= 15 is 0 Å². The first-order chi connectivity index (χ1) is 7.72. The molecule has 0 fully saturated rings. The second kappa shape index (κ2) is 7.93. The van der Waals surface area contributed by atoms with E-state index in [9.17, 15) is 13.2 Å². The first kappa shape index (κ1) is 16.7. The van der Waals surface area contributed by atoms with Crippen molar-refractivity contribution in [2.75, 3.05) is 19.8 Å². The lowest BCUT2D eigenvalue weighted by atomic mass is 9.92. The Bertz CT molecular complexity index is 193. The molecule has 0 spiro atoms. The third kappa shape index (κ3) is 10.6. The van der Waals surface area contributed by atoms with E-state index in [2.05, 4.69) is 37.7 Å². The summed E-state index contributed by atoms with van der Waals surface area (Å²) in [6.45, 7) is 8.12. The standard InChI is InChI=1S/C12H24F3NO/c1-9(2)11(7-16-10(3)4)5-6-17-8-12(13,14)15/h9-11,16H,5-8H2,1-4H3. The highest BCUT2D eigenvalue weighted by atomic mass is 19.4. The first-order valence-corrected chi connectivity index (χ1v) is 6.10. The Balaban J connectivity index is 3.78. The summed E-state index contributed by atoms with van der Waals surface area (Å²) in [6, 6.07) is 0.396. The van der Waals surface area contributed by atoms with Gasteiger partial charge in [-0.2, -0.15) is 13.2 Å². The molecule has 0 saturated carbocycles. The molecule has 104 valence electrons. The smallest absolute Gasteiger partial charge is 0.372 e. The lowest BCUT2D eigenvalue weighted by Crippen LogP contribution is -2.32. The molecule has 0 heterocycles. The minimum absolute atomic E-state index is 0.169. The van der Waals surface area contributed by atoms with Crippen LogP contribution in [0.5, 0.6) is 0 Å². The lowest BCUT2D eigenvalue weighted by Gasteiger charge is -2.22. The molecule has 2 nitrogen and oxygen atoms in total. The van der Waals surface area contributed by atoms with Gasteiger partial charge in [0.1, 0.15) is 6.61 Å². The highest BCUT2D eigenvalue weighted by Crippen LogP contribution is 2.17. The van der Waals surface area contributed by atoms with Gasteiger partial charge in [-0.25, -0.2) is 0 Å². The van der Waals surface area contributed by atoms with Gasteiger partial charge in [-0.3, -0.25) is 0 Å². The number of halogens is 3. The molecule has 5 heteroatoms. The van der Waals surface area contributed by atoms with Crippen LogP contribution in [0.3, 0.4) is 0 Å². The van der Waals surface area contributed by atoms with Gasteiger partial charge in [0, 0.05) is 12.6 Å². The van der Waals surface area contributed by atoms with Crippen molar-refractivity contribution in [2.45, 2.75) is 46.3 Å². The van der Waals surface area contributed by atoms with Crippen molar-refractivity contribution < 1.29 is 17.9 Å². The van der Waals surface area contributed by atoms with Gasteiger partial charge in [0.2, 0.25) is 0 Å². The van der Waals surface area contributed by atoms with E-state index in [0.717, 1.165) is 6.54 Å². The summed E-state index contributed by atoms with van der Waals surface area (Å²) in [7, 11) is 0. The molecule has 0 rings (SSSR count). The van der Waals surface area contributed by atoms with Crippen molar-refractivity contribution in [3.05, 3.63) is 0 Å². The molecule has 1 unspecified atom stereocenters. The van der Waals surface area contributed by atoms with Crippen LogP contribution in [0.25, 0.3) is 0 Å². The number of rotatable bonds is 8. The molecule has 0 aliphatic carbocycles. The van der Waals surface area contributed by atoms with Crippen molar-refractivity contribution >= 4 is 0 Å². The highest BCUT2D eigenvalue weighted by Gasteiger charge is 2.27. The summed E-state index contributed by atoms with van der Waals surface area (Å²) in [4.78, 5) is 0. The molecule has 0 aromatic heterocycles. The summed E-state index contributed by atoms with van der Waals surface area (Å²) >= 11 is 0. The first-order valence-electron chi connectivity index (χ1n) is 6.10. The summed E-state index contributed by atoms with van der Waals surface area (Å²) in [6.07, 6.45) is -3.56. The van der Waals surface area contributed by atoms with Crippen LogP contribution in [0.4, 0.5) is 13.2 Å². The Hall–Kier alpha value is -0.290. The SMILES string of the molecule is CC(C)NCC(CCOCC(F)(F)F)C(C)C. The molecular formula is C12H24F3NO. The molecule has 0 aromatic rings. The summed E-state index contributed by atoms with van der Waals surface area (Å²) in [5, 5.41) is 3.31. The average molecular weight is 255 g/mol. The zero-order valence-corrected chi connectivity index (χ0v) is 11.1. The van der Waals surface area contributed by atoms with Crippen LogP contribution in [-0.2, 0) is 4.74 Å². The predicted molar refractivity (Wildman–Crippen MR) is 63.0 cm³/mol. The third-order valence-electron chi connectivity index (χ3n) is 2.63. The molecule has 0 amide bonds. The van der Waals surface area contributed by atoms with Crippen molar-refractivity contribution in [3.63, 3.8) is 0 Å². The molecule has 0 aliphatic rings. The topological polar surface area (TPSA) is 21.3 Å². The maximum Gasteiger partial charge on any atom is 0.411 e. The van der Waals surface area contributed by atoms with Gasteiger partial charge in [-0.1, -0.05) is 27.7 Å². The summed E-state index contributed by atoms with van der Waals surface area (Å²) in [5.74, 6) is 0.793. The zero-order valence-electron chi connectivity index (χ0n) is 11.1. The normalized spacial score (nSPS) is 14.6. The molecule has 1 atom stereocenters. The van der Waals surface area contributed by atoms with Crippen LogP contribution in [0.1, 0.15) is 34.1 Å². The predicted octanol–water partition coefficient (Wildman–Crippen LogP) is 3.23. The van der Waals surface area contributed by atoms with E-state index in [0.29, 0.717) is 24.3 Å². The fourth-order valence-electron chi connectivity index (χ4n) is 1.48. The van der Waals surface area contributed by atoms with Crippen molar-refractivity contribution in [1.82, 2.24) is 5.32 Å². The minimum Gasteiger partial charge on any atom is -0.372 e. The number of hydrogen-bond donors (Lipinski definition) is 1. The van der Waals surface area contributed by atoms with Crippen LogP contribution in [0.2, 0.25) is 0 Å². The maximum absolute atomic E-state index is 11.9. The third-order valence-corrected chi connectivity index (χ3v) is 2.63. The number of nitrogens with one attached hydrogen (secondary N) is 1. The monoisotopic (exact) mass is 255 g/mol. The summed E-state index contributed by atoms with van der Waals surface area (Å²) in [5.41, 5.74) is 0. The van der Waals surface area contributed by atoms with Crippen molar-refractivity contribution in [2.24, 2.45) is 11.8 Å². The maximum atomic E-state index is 11.9. The van der Waals surface area contributed by atoms with Gasteiger partial charge < -0.3 is 10.1 Å². The fourth-order valence-corrected chi connectivity index (χ4v) is 1.48. The second-order valence-corrected chi connectivity index (χ2v) is 5.02. The number of ether oxygens (including phenoxy) is 1. The average Bonchev–Trinajstić information content (AvgIpc) is 2.13. The van der Waals surface area contributed by atoms with E-state index < -0.39 is 12.8 Å². The number of hydrogen-bond acceptors (Lipinski definition) is 2. The van der Waals surface area contributed by atoms with E-state index in [1.165, 1.54) is 0 Å². The zero-order chi connectivity index (χ0) is 13.5. The molecule has 17 heavy (non-hydrogen) atoms. The van der Waals surface area contributed by atoms with Gasteiger partial charge in [0.05, 0.1) is 0 Å². The Labute approximate surface area is 102 Å². The Morgan fingerprint density at radius 2 is 1.71 bits per heavy atom. The Kier molecular flexibility index (Phi) is 7.79. The highest BCUT2D eigenvalue weighted by molar-refractivity contribution is 4.67. The quantitative estimate of drug-likeness (QED) is 0.672. The van der Waals surface area contributed by atoms with E-state index in [4.69, 9.17) is 0 Å². The van der Waals surface area contributed by atoms with Crippen molar-refractivity contribution in [3.8, 4) is 0 Å². The Morgan fingerprint density at radius 3 is 2.12 bits per heavy atom. The van der Waals surface area contributed by atoms with Gasteiger partial charge in [0.25, 0.3) is 0 Å². The summed E-state index contributed by atoms with van der Waals surface area (Å²) < 4.78 is 40.2. The van der Waals surface area contributed by atoms with Gasteiger partial charge in [-0.05, 0) is 24.8 Å². The van der Waals surface area contributed by atoms with Crippen LogP contribution in [0.15, 0.2) is 0 Å².